The normalized spacial score (nSPS) is 17.4. The molecule has 1 aromatic heterocycles. The Kier molecular flexibility index (Phi) is 5.63. The minimum Gasteiger partial charge on any atom is -0.356 e. The first-order valence-electron chi connectivity index (χ1n) is 8.55. The molecule has 1 fully saturated rings. The number of rotatable bonds is 7. The highest BCUT2D eigenvalue weighted by Gasteiger charge is 2.35. The lowest BCUT2D eigenvalue weighted by molar-refractivity contribution is 0.301. The maximum atomic E-state index is 4.76. The van der Waals surface area contributed by atoms with Crippen molar-refractivity contribution in [2.75, 3.05) is 24.5 Å². The number of nitrogens with zero attached hydrogens (tertiary/aromatic N) is 2. The number of aromatic nitrogens is 1. The highest BCUT2D eigenvalue weighted by molar-refractivity contribution is 5.48. The second-order valence-corrected chi connectivity index (χ2v) is 6.54. The molecule has 3 nitrogen and oxygen atoms in total. The van der Waals surface area contributed by atoms with Gasteiger partial charge in [0.15, 0.2) is 0 Å². The molecule has 0 amide bonds. The SMILES string of the molecule is CCCNCc1cnc(N2CCC(CC)(CC)C2)c(C)c1. The third-order valence-electron chi connectivity index (χ3n) is 5.10. The molecule has 2 rings (SSSR count). The topological polar surface area (TPSA) is 28.2 Å². The predicted octanol–water partition coefficient (Wildman–Crippen LogP) is 3.91. The van der Waals surface area contributed by atoms with Crippen molar-refractivity contribution in [1.29, 1.82) is 0 Å². The lowest BCUT2D eigenvalue weighted by atomic mass is 9.82. The molecule has 1 saturated heterocycles. The molecular formula is C18H31N3. The molecule has 0 aliphatic carbocycles. The molecule has 3 heteroatoms. The van der Waals surface area contributed by atoms with Crippen molar-refractivity contribution in [3.63, 3.8) is 0 Å². The van der Waals surface area contributed by atoms with Gasteiger partial charge in [-0.15, -0.1) is 0 Å². The first kappa shape index (κ1) is 16.3. The summed E-state index contributed by atoms with van der Waals surface area (Å²) in [6, 6.07) is 2.29. The molecule has 0 bridgehead atoms. The Balaban J connectivity index is 2.04. The summed E-state index contributed by atoms with van der Waals surface area (Å²) >= 11 is 0. The van der Waals surface area contributed by atoms with E-state index >= 15 is 0 Å². The van der Waals surface area contributed by atoms with Crippen molar-refractivity contribution in [1.82, 2.24) is 10.3 Å². The number of anilines is 1. The van der Waals surface area contributed by atoms with Crippen LogP contribution < -0.4 is 10.2 Å². The molecule has 0 saturated carbocycles. The van der Waals surface area contributed by atoms with E-state index in [0.717, 1.165) is 19.6 Å². The Bertz CT molecular complexity index is 452. The van der Waals surface area contributed by atoms with Crippen LogP contribution in [0, 0.1) is 12.3 Å². The van der Waals surface area contributed by atoms with E-state index in [2.05, 4.69) is 44.0 Å². The third kappa shape index (κ3) is 3.76. The van der Waals surface area contributed by atoms with Gasteiger partial charge in [0.1, 0.15) is 5.82 Å². The summed E-state index contributed by atoms with van der Waals surface area (Å²) < 4.78 is 0. The van der Waals surface area contributed by atoms with E-state index in [0.29, 0.717) is 5.41 Å². The van der Waals surface area contributed by atoms with E-state index in [4.69, 9.17) is 4.98 Å². The number of pyridine rings is 1. The van der Waals surface area contributed by atoms with Crippen molar-refractivity contribution >= 4 is 5.82 Å². The van der Waals surface area contributed by atoms with Gasteiger partial charge >= 0.3 is 0 Å². The monoisotopic (exact) mass is 289 g/mol. The average molecular weight is 289 g/mol. The zero-order valence-corrected chi connectivity index (χ0v) is 14.2. The Morgan fingerprint density at radius 2 is 2.05 bits per heavy atom. The van der Waals surface area contributed by atoms with Gasteiger partial charge in [-0.25, -0.2) is 4.98 Å². The molecule has 2 heterocycles. The predicted molar refractivity (Wildman–Crippen MR) is 90.8 cm³/mol. The number of hydrogen-bond donors (Lipinski definition) is 1. The largest absolute Gasteiger partial charge is 0.356 e. The van der Waals surface area contributed by atoms with E-state index < -0.39 is 0 Å². The van der Waals surface area contributed by atoms with E-state index in [1.165, 1.54) is 49.2 Å². The van der Waals surface area contributed by atoms with Crippen LogP contribution in [0.5, 0.6) is 0 Å². The van der Waals surface area contributed by atoms with Crippen LogP contribution >= 0.6 is 0 Å². The quantitative estimate of drug-likeness (QED) is 0.771. The summed E-state index contributed by atoms with van der Waals surface area (Å²) in [6.07, 6.45) is 7.08. The zero-order valence-electron chi connectivity index (χ0n) is 14.2. The van der Waals surface area contributed by atoms with Crippen LogP contribution in [0.3, 0.4) is 0 Å². The summed E-state index contributed by atoms with van der Waals surface area (Å²) in [6.45, 7) is 13.4. The van der Waals surface area contributed by atoms with E-state index in [9.17, 15) is 0 Å². The molecule has 0 atom stereocenters. The third-order valence-corrected chi connectivity index (χ3v) is 5.10. The van der Waals surface area contributed by atoms with Crippen LogP contribution in [0.4, 0.5) is 5.82 Å². The van der Waals surface area contributed by atoms with Gasteiger partial charge in [0.25, 0.3) is 0 Å². The second-order valence-electron chi connectivity index (χ2n) is 6.54. The molecule has 1 N–H and O–H groups in total. The van der Waals surface area contributed by atoms with E-state index in [1.54, 1.807) is 0 Å². The van der Waals surface area contributed by atoms with Crippen LogP contribution in [0.1, 0.15) is 57.6 Å². The summed E-state index contributed by atoms with van der Waals surface area (Å²) in [5.41, 5.74) is 3.12. The Morgan fingerprint density at radius 3 is 2.62 bits per heavy atom. The van der Waals surface area contributed by atoms with Gasteiger partial charge in [-0.05, 0) is 61.8 Å². The lowest BCUT2D eigenvalue weighted by Crippen LogP contribution is -2.27. The van der Waals surface area contributed by atoms with Gasteiger partial charge in [-0.2, -0.15) is 0 Å². The fourth-order valence-electron chi connectivity index (χ4n) is 3.41. The minimum atomic E-state index is 0.509. The van der Waals surface area contributed by atoms with E-state index in [-0.39, 0.29) is 0 Å². The van der Waals surface area contributed by atoms with Crippen molar-refractivity contribution in [3.05, 3.63) is 23.4 Å². The molecule has 0 spiro atoms. The Morgan fingerprint density at radius 1 is 1.29 bits per heavy atom. The van der Waals surface area contributed by atoms with Crippen LogP contribution in [0.25, 0.3) is 0 Å². The number of aryl methyl sites for hydroxylation is 1. The molecular weight excluding hydrogens is 258 g/mol. The van der Waals surface area contributed by atoms with Gasteiger partial charge in [0.2, 0.25) is 0 Å². The fraction of sp³-hybridized carbons (Fsp3) is 0.722. The van der Waals surface area contributed by atoms with Crippen molar-refractivity contribution in [3.8, 4) is 0 Å². The van der Waals surface area contributed by atoms with Crippen molar-refractivity contribution < 1.29 is 0 Å². The van der Waals surface area contributed by atoms with Gasteiger partial charge < -0.3 is 10.2 Å². The molecule has 0 unspecified atom stereocenters. The molecule has 1 aliphatic rings. The fourth-order valence-corrected chi connectivity index (χ4v) is 3.41. The zero-order chi connectivity index (χ0) is 15.3. The molecule has 1 aliphatic heterocycles. The summed E-state index contributed by atoms with van der Waals surface area (Å²) in [7, 11) is 0. The second kappa shape index (κ2) is 7.26. The van der Waals surface area contributed by atoms with Gasteiger partial charge in [-0.3, -0.25) is 0 Å². The van der Waals surface area contributed by atoms with Gasteiger partial charge in [0.05, 0.1) is 0 Å². The van der Waals surface area contributed by atoms with Gasteiger partial charge in [0, 0.05) is 25.8 Å². The number of nitrogens with one attached hydrogen (secondary N) is 1. The molecule has 21 heavy (non-hydrogen) atoms. The summed E-state index contributed by atoms with van der Waals surface area (Å²) in [5, 5.41) is 3.45. The van der Waals surface area contributed by atoms with Crippen molar-refractivity contribution in [2.45, 2.75) is 59.9 Å². The maximum Gasteiger partial charge on any atom is 0.131 e. The van der Waals surface area contributed by atoms with Crippen molar-refractivity contribution in [2.24, 2.45) is 5.41 Å². The van der Waals surface area contributed by atoms with Crippen LogP contribution in [-0.4, -0.2) is 24.6 Å². The standard InChI is InChI=1S/C18H31N3/c1-5-9-19-12-16-11-15(4)17(20-13-16)21-10-8-18(6-2,7-3)14-21/h11,13,19H,5-10,12,14H2,1-4H3. The minimum absolute atomic E-state index is 0.509. The maximum absolute atomic E-state index is 4.76. The van der Waals surface area contributed by atoms with E-state index in [1.807, 2.05) is 6.20 Å². The highest BCUT2D eigenvalue weighted by Crippen LogP contribution is 2.39. The number of hydrogen-bond acceptors (Lipinski definition) is 3. The Hall–Kier alpha value is -1.09. The first-order chi connectivity index (χ1) is 10.1. The lowest BCUT2D eigenvalue weighted by Gasteiger charge is -2.27. The Labute approximate surface area is 130 Å². The molecule has 0 aromatic carbocycles. The van der Waals surface area contributed by atoms with Gasteiger partial charge in [-0.1, -0.05) is 20.8 Å². The van der Waals surface area contributed by atoms with Crippen LogP contribution in [0.15, 0.2) is 12.3 Å². The summed E-state index contributed by atoms with van der Waals surface area (Å²) in [5.74, 6) is 1.19. The molecule has 1 aromatic rings. The van der Waals surface area contributed by atoms with Crippen LogP contribution in [-0.2, 0) is 6.54 Å². The first-order valence-corrected chi connectivity index (χ1v) is 8.55. The smallest absolute Gasteiger partial charge is 0.131 e. The average Bonchev–Trinajstić information content (AvgIpc) is 2.93. The molecule has 0 radical (unpaired) electrons. The summed E-state index contributed by atoms with van der Waals surface area (Å²) in [4.78, 5) is 7.25. The highest BCUT2D eigenvalue weighted by atomic mass is 15.2. The molecule has 118 valence electrons. The van der Waals surface area contributed by atoms with Crippen LogP contribution in [0.2, 0.25) is 0 Å².